The first-order valence-electron chi connectivity index (χ1n) is 8.07. The third kappa shape index (κ3) is 3.39. The fourth-order valence-corrected chi connectivity index (χ4v) is 3.48. The largest absolute Gasteiger partial charge is 0.392 e. The minimum atomic E-state index is -0.190. The number of rotatable bonds is 2. The summed E-state index contributed by atoms with van der Waals surface area (Å²) in [5.41, 5.74) is 6.07. The van der Waals surface area contributed by atoms with Crippen LogP contribution in [0.5, 0.6) is 0 Å². The molecular formula is C16H24N4O2. The maximum absolute atomic E-state index is 12.4. The lowest BCUT2D eigenvalue weighted by molar-refractivity contribution is 0.0239. The lowest BCUT2D eigenvalue weighted by Gasteiger charge is -2.41. The lowest BCUT2D eigenvalue weighted by atomic mass is 9.99. The average molecular weight is 304 g/mol. The predicted octanol–water partition coefficient (Wildman–Crippen LogP) is 0.725. The molecule has 0 aliphatic carbocycles. The first-order chi connectivity index (χ1) is 10.6. The number of hydrogen-bond donors (Lipinski definition) is 2. The van der Waals surface area contributed by atoms with Crippen LogP contribution in [0.2, 0.25) is 0 Å². The summed E-state index contributed by atoms with van der Waals surface area (Å²) in [6.07, 6.45) is 3.70. The highest BCUT2D eigenvalue weighted by atomic mass is 16.3. The molecule has 0 spiro atoms. The Balaban J connectivity index is 1.56. The van der Waals surface area contributed by atoms with Crippen molar-refractivity contribution in [3.05, 3.63) is 23.9 Å². The molecule has 1 aromatic heterocycles. The van der Waals surface area contributed by atoms with Gasteiger partial charge in [-0.15, -0.1) is 0 Å². The summed E-state index contributed by atoms with van der Waals surface area (Å²) in [7, 11) is 0. The zero-order valence-corrected chi connectivity index (χ0v) is 12.8. The Morgan fingerprint density at radius 1 is 1.23 bits per heavy atom. The van der Waals surface area contributed by atoms with Gasteiger partial charge in [0.15, 0.2) is 0 Å². The molecule has 1 aromatic rings. The number of aromatic nitrogens is 1. The molecule has 1 atom stereocenters. The van der Waals surface area contributed by atoms with Gasteiger partial charge in [-0.3, -0.25) is 9.69 Å². The maximum Gasteiger partial charge on any atom is 0.272 e. The fourth-order valence-electron chi connectivity index (χ4n) is 3.48. The highest BCUT2D eigenvalue weighted by molar-refractivity contribution is 5.92. The van der Waals surface area contributed by atoms with Gasteiger partial charge in [0.1, 0.15) is 11.5 Å². The molecule has 6 nitrogen and oxygen atoms in total. The monoisotopic (exact) mass is 304 g/mol. The van der Waals surface area contributed by atoms with Crippen molar-refractivity contribution in [2.45, 2.75) is 37.8 Å². The number of carbonyl (C=O) groups excluding carboxylic acids is 1. The molecule has 120 valence electrons. The average Bonchev–Trinajstić information content (AvgIpc) is 2.54. The van der Waals surface area contributed by atoms with Gasteiger partial charge in [-0.25, -0.2) is 4.98 Å². The Kier molecular flexibility index (Phi) is 4.59. The summed E-state index contributed by atoms with van der Waals surface area (Å²) >= 11 is 0. The number of nitrogens with zero attached hydrogens (tertiary/aromatic N) is 3. The summed E-state index contributed by atoms with van der Waals surface area (Å²) in [6, 6.07) is 5.64. The van der Waals surface area contributed by atoms with E-state index >= 15 is 0 Å². The summed E-state index contributed by atoms with van der Waals surface area (Å²) in [5.74, 6) is 0.340. The molecular weight excluding hydrogens is 280 g/mol. The Hall–Kier alpha value is -1.66. The van der Waals surface area contributed by atoms with Crippen molar-refractivity contribution < 1.29 is 9.90 Å². The number of nitrogens with two attached hydrogens (primary N) is 1. The van der Waals surface area contributed by atoms with Crippen LogP contribution in [0.15, 0.2) is 18.2 Å². The molecule has 0 saturated carbocycles. The Labute approximate surface area is 130 Å². The number of nitrogen functional groups attached to an aromatic ring is 1. The van der Waals surface area contributed by atoms with Gasteiger partial charge in [-0.1, -0.05) is 6.07 Å². The van der Waals surface area contributed by atoms with Gasteiger partial charge >= 0.3 is 0 Å². The fraction of sp³-hybridized carbons (Fsp3) is 0.625. The molecule has 22 heavy (non-hydrogen) atoms. The van der Waals surface area contributed by atoms with Crippen LogP contribution in [-0.4, -0.2) is 64.1 Å². The molecule has 3 rings (SSSR count). The van der Waals surface area contributed by atoms with Crippen molar-refractivity contribution in [2.24, 2.45) is 0 Å². The van der Waals surface area contributed by atoms with Crippen LogP contribution in [0.4, 0.5) is 5.82 Å². The summed E-state index contributed by atoms with van der Waals surface area (Å²) in [4.78, 5) is 20.8. The first kappa shape index (κ1) is 15.2. The van der Waals surface area contributed by atoms with Crippen molar-refractivity contribution in [1.82, 2.24) is 14.8 Å². The van der Waals surface area contributed by atoms with Gasteiger partial charge in [0, 0.05) is 25.7 Å². The van der Waals surface area contributed by atoms with Gasteiger partial charge in [-0.2, -0.15) is 0 Å². The lowest BCUT2D eigenvalue weighted by Crippen LogP contribution is -2.50. The zero-order chi connectivity index (χ0) is 15.5. The maximum atomic E-state index is 12.4. The van der Waals surface area contributed by atoms with E-state index in [0.717, 1.165) is 51.9 Å². The smallest absolute Gasteiger partial charge is 0.272 e. The number of pyridine rings is 1. The third-order valence-corrected chi connectivity index (χ3v) is 4.69. The second-order valence-corrected chi connectivity index (χ2v) is 6.26. The number of likely N-dealkylation sites (tertiary alicyclic amines) is 2. The van der Waals surface area contributed by atoms with Crippen molar-refractivity contribution in [1.29, 1.82) is 0 Å². The van der Waals surface area contributed by atoms with Gasteiger partial charge in [0.2, 0.25) is 0 Å². The van der Waals surface area contributed by atoms with Gasteiger partial charge in [0.05, 0.1) is 6.10 Å². The van der Waals surface area contributed by atoms with E-state index in [4.69, 9.17) is 5.73 Å². The molecule has 0 bridgehead atoms. The van der Waals surface area contributed by atoms with Crippen LogP contribution < -0.4 is 5.73 Å². The van der Waals surface area contributed by atoms with Crippen LogP contribution in [-0.2, 0) is 0 Å². The van der Waals surface area contributed by atoms with Gasteiger partial charge in [0.25, 0.3) is 5.91 Å². The number of hydrogen-bond acceptors (Lipinski definition) is 5. The van der Waals surface area contributed by atoms with Crippen molar-refractivity contribution in [2.75, 3.05) is 31.9 Å². The molecule has 0 aromatic carbocycles. The number of amides is 1. The molecule has 2 saturated heterocycles. The SMILES string of the molecule is Nc1cccc(C(=O)N2CCC(N3CCC[C@@H](O)C3)CC2)n1. The number of anilines is 1. The molecule has 2 aliphatic heterocycles. The standard InChI is InChI=1S/C16H24N4O2/c17-15-5-1-4-14(18-15)16(22)19-9-6-12(7-10-19)20-8-2-3-13(21)11-20/h1,4-5,12-13,21H,2-3,6-11H2,(H2,17,18)/t13-/m1/s1. The topological polar surface area (TPSA) is 82.7 Å². The Bertz CT molecular complexity index is 529. The highest BCUT2D eigenvalue weighted by Gasteiger charge is 2.30. The summed E-state index contributed by atoms with van der Waals surface area (Å²) in [6.45, 7) is 3.32. The van der Waals surface area contributed by atoms with Crippen LogP contribution in [0, 0.1) is 0 Å². The van der Waals surface area contributed by atoms with E-state index in [9.17, 15) is 9.90 Å². The van der Waals surface area contributed by atoms with Crippen LogP contribution >= 0.6 is 0 Å². The van der Waals surface area contributed by atoms with E-state index in [1.54, 1.807) is 18.2 Å². The van der Waals surface area contributed by atoms with Crippen LogP contribution in [0.25, 0.3) is 0 Å². The van der Waals surface area contributed by atoms with Gasteiger partial charge < -0.3 is 15.7 Å². The van der Waals surface area contributed by atoms with Gasteiger partial charge in [-0.05, 0) is 44.4 Å². The molecule has 2 fully saturated rings. The van der Waals surface area contributed by atoms with E-state index in [0.29, 0.717) is 17.6 Å². The Morgan fingerprint density at radius 2 is 2.00 bits per heavy atom. The molecule has 1 amide bonds. The summed E-state index contributed by atoms with van der Waals surface area (Å²) < 4.78 is 0. The van der Waals surface area contributed by atoms with Crippen LogP contribution in [0.1, 0.15) is 36.2 Å². The van der Waals surface area contributed by atoms with Crippen molar-refractivity contribution in [3.63, 3.8) is 0 Å². The van der Waals surface area contributed by atoms with Crippen LogP contribution in [0.3, 0.4) is 0 Å². The number of carbonyl (C=O) groups is 1. The van der Waals surface area contributed by atoms with E-state index < -0.39 is 0 Å². The van der Waals surface area contributed by atoms with Crippen molar-refractivity contribution >= 4 is 11.7 Å². The quantitative estimate of drug-likeness (QED) is 0.841. The number of aliphatic hydroxyl groups excluding tert-OH is 1. The molecule has 0 radical (unpaired) electrons. The van der Waals surface area contributed by atoms with E-state index in [-0.39, 0.29) is 12.0 Å². The summed E-state index contributed by atoms with van der Waals surface area (Å²) in [5, 5.41) is 9.80. The second kappa shape index (κ2) is 6.62. The molecule has 3 N–H and O–H groups in total. The highest BCUT2D eigenvalue weighted by Crippen LogP contribution is 2.22. The molecule has 3 heterocycles. The zero-order valence-electron chi connectivity index (χ0n) is 12.8. The third-order valence-electron chi connectivity index (χ3n) is 4.69. The van der Waals surface area contributed by atoms with Crippen molar-refractivity contribution in [3.8, 4) is 0 Å². The normalized spacial score (nSPS) is 24.4. The Morgan fingerprint density at radius 3 is 2.68 bits per heavy atom. The molecule has 6 heteroatoms. The van der Waals surface area contributed by atoms with E-state index in [1.807, 2.05) is 4.90 Å². The first-order valence-corrected chi connectivity index (χ1v) is 8.07. The number of aliphatic hydroxyl groups is 1. The number of piperidine rings is 2. The number of β-amino-alcohol motifs (C(OH)–C–C–N with tert-alkyl or cyclic N) is 1. The molecule has 0 unspecified atom stereocenters. The predicted molar refractivity (Wildman–Crippen MR) is 84.4 cm³/mol. The minimum Gasteiger partial charge on any atom is -0.392 e. The van der Waals surface area contributed by atoms with E-state index in [1.165, 1.54) is 0 Å². The van der Waals surface area contributed by atoms with E-state index in [2.05, 4.69) is 9.88 Å². The second-order valence-electron chi connectivity index (χ2n) is 6.26. The molecule has 2 aliphatic rings. The minimum absolute atomic E-state index is 0.0376.